The molecular formula is C14H26N2O2. The van der Waals surface area contributed by atoms with E-state index in [1.807, 2.05) is 0 Å². The van der Waals surface area contributed by atoms with Crippen LogP contribution < -0.4 is 5.32 Å². The second-order valence-electron chi connectivity index (χ2n) is 5.91. The van der Waals surface area contributed by atoms with Gasteiger partial charge in [-0.25, -0.2) is 0 Å². The smallest absolute Gasteiger partial charge is 0.0986 e. The molecule has 1 saturated heterocycles. The lowest BCUT2D eigenvalue weighted by Gasteiger charge is -2.44. The molecule has 1 heterocycles. The first-order valence-electron chi connectivity index (χ1n) is 7.46. The molecule has 104 valence electrons. The summed E-state index contributed by atoms with van der Waals surface area (Å²) in [4.78, 5) is 2.65. The maximum absolute atomic E-state index is 5.67. The fraction of sp³-hybridized carbons (Fsp3) is 1.00. The van der Waals surface area contributed by atoms with Crippen molar-refractivity contribution in [3.63, 3.8) is 0 Å². The van der Waals surface area contributed by atoms with Crippen molar-refractivity contribution in [3.8, 4) is 0 Å². The summed E-state index contributed by atoms with van der Waals surface area (Å²) in [6, 6.07) is 2.07. The van der Waals surface area contributed by atoms with Gasteiger partial charge >= 0.3 is 0 Å². The average Bonchev–Trinajstić information content (AvgIpc) is 3.09. The Labute approximate surface area is 110 Å². The van der Waals surface area contributed by atoms with Crippen molar-refractivity contribution in [2.75, 3.05) is 26.8 Å². The molecule has 4 unspecified atom stereocenters. The summed E-state index contributed by atoms with van der Waals surface area (Å²) >= 11 is 0. The number of ether oxygens (including phenoxy) is 2. The Bertz CT molecular complexity index is 283. The number of methoxy groups -OCH3 is 1. The number of hydrogen-bond acceptors (Lipinski definition) is 4. The van der Waals surface area contributed by atoms with Crippen LogP contribution in [0.15, 0.2) is 0 Å². The van der Waals surface area contributed by atoms with Crippen LogP contribution in [0.4, 0.5) is 0 Å². The standard InChI is InChI=1S/C14H26N2O2/c1-3-18-13-8-12(14(13)17-2)15-10-6-7-16(9-10)11-4-5-11/h10-15H,3-9H2,1-2H3. The van der Waals surface area contributed by atoms with E-state index in [-0.39, 0.29) is 6.10 Å². The Balaban J connectivity index is 1.43. The summed E-state index contributed by atoms with van der Waals surface area (Å²) in [7, 11) is 1.80. The fourth-order valence-corrected chi connectivity index (χ4v) is 3.44. The molecule has 0 bridgehead atoms. The summed E-state index contributed by atoms with van der Waals surface area (Å²) in [6.07, 6.45) is 5.79. The van der Waals surface area contributed by atoms with Gasteiger partial charge in [0.15, 0.2) is 0 Å². The summed E-state index contributed by atoms with van der Waals surface area (Å²) in [5, 5.41) is 3.77. The molecule has 1 aliphatic heterocycles. The van der Waals surface area contributed by atoms with Gasteiger partial charge < -0.3 is 14.8 Å². The van der Waals surface area contributed by atoms with Crippen molar-refractivity contribution in [2.24, 2.45) is 0 Å². The second-order valence-corrected chi connectivity index (χ2v) is 5.91. The maximum Gasteiger partial charge on any atom is 0.0986 e. The molecule has 3 aliphatic rings. The summed E-state index contributed by atoms with van der Waals surface area (Å²) in [5.41, 5.74) is 0. The highest BCUT2D eigenvalue weighted by molar-refractivity contribution is 5.00. The van der Waals surface area contributed by atoms with Crippen molar-refractivity contribution in [2.45, 2.75) is 62.9 Å². The minimum atomic E-state index is 0.250. The third-order valence-electron chi connectivity index (χ3n) is 4.63. The Kier molecular flexibility index (Phi) is 3.89. The quantitative estimate of drug-likeness (QED) is 0.767. The molecule has 0 radical (unpaired) electrons. The first kappa shape index (κ1) is 12.9. The molecule has 0 spiro atoms. The Morgan fingerprint density at radius 3 is 2.78 bits per heavy atom. The molecule has 0 aromatic rings. The Hall–Kier alpha value is -0.160. The summed E-state index contributed by atoms with van der Waals surface area (Å²) < 4.78 is 11.2. The highest BCUT2D eigenvalue weighted by atomic mass is 16.5. The number of rotatable bonds is 6. The van der Waals surface area contributed by atoms with Crippen LogP contribution in [0.3, 0.4) is 0 Å². The van der Waals surface area contributed by atoms with Crippen LogP contribution in [0, 0.1) is 0 Å². The predicted octanol–water partition coefficient (Wildman–Crippen LogP) is 1.01. The lowest BCUT2D eigenvalue weighted by molar-refractivity contribution is -0.132. The van der Waals surface area contributed by atoms with Crippen LogP contribution >= 0.6 is 0 Å². The molecule has 0 aromatic heterocycles. The van der Waals surface area contributed by atoms with Crippen molar-refractivity contribution >= 4 is 0 Å². The van der Waals surface area contributed by atoms with E-state index in [0.717, 1.165) is 19.1 Å². The van der Waals surface area contributed by atoms with E-state index in [1.54, 1.807) is 7.11 Å². The van der Waals surface area contributed by atoms with Crippen LogP contribution in [0.2, 0.25) is 0 Å². The van der Waals surface area contributed by atoms with E-state index in [2.05, 4.69) is 17.1 Å². The van der Waals surface area contributed by atoms with Crippen molar-refractivity contribution in [3.05, 3.63) is 0 Å². The second kappa shape index (κ2) is 5.45. The van der Waals surface area contributed by atoms with Gasteiger partial charge in [-0.1, -0.05) is 0 Å². The van der Waals surface area contributed by atoms with Gasteiger partial charge in [-0.15, -0.1) is 0 Å². The van der Waals surface area contributed by atoms with Crippen LogP contribution in [-0.2, 0) is 9.47 Å². The number of nitrogens with zero attached hydrogens (tertiary/aromatic N) is 1. The van der Waals surface area contributed by atoms with Crippen LogP contribution in [0.5, 0.6) is 0 Å². The van der Waals surface area contributed by atoms with Crippen LogP contribution in [0.1, 0.15) is 32.6 Å². The lowest BCUT2D eigenvalue weighted by atomic mass is 9.84. The predicted molar refractivity (Wildman–Crippen MR) is 70.8 cm³/mol. The van der Waals surface area contributed by atoms with Gasteiger partial charge in [0.05, 0.1) is 12.2 Å². The van der Waals surface area contributed by atoms with E-state index in [1.165, 1.54) is 32.4 Å². The zero-order valence-electron chi connectivity index (χ0n) is 11.6. The number of nitrogens with one attached hydrogen (secondary N) is 1. The molecule has 4 atom stereocenters. The van der Waals surface area contributed by atoms with E-state index in [9.17, 15) is 0 Å². The normalized spacial score (nSPS) is 41.0. The Morgan fingerprint density at radius 2 is 2.11 bits per heavy atom. The highest BCUT2D eigenvalue weighted by Crippen LogP contribution is 2.32. The van der Waals surface area contributed by atoms with E-state index in [4.69, 9.17) is 9.47 Å². The third kappa shape index (κ3) is 2.57. The van der Waals surface area contributed by atoms with Gasteiger partial charge in [-0.3, -0.25) is 4.90 Å². The van der Waals surface area contributed by atoms with E-state index < -0.39 is 0 Å². The van der Waals surface area contributed by atoms with Gasteiger partial charge in [-0.05, 0) is 32.6 Å². The molecule has 1 N–H and O–H groups in total. The third-order valence-corrected chi connectivity index (χ3v) is 4.63. The maximum atomic E-state index is 5.67. The number of hydrogen-bond donors (Lipinski definition) is 1. The molecule has 0 aromatic carbocycles. The average molecular weight is 254 g/mol. The van der Waals surface area contributed by atoms with Gasteiger partial charge in [-0.2, -0.15) is 0 Å². The molecule has 2 aliphatic carbocycles. The summed E-state index contributed by atoms with van der Waals surface area (Å²) in [5.74, 6) is 0. The van der Waals surface area contributed by atoms with Crippen molar-refractivity contribution in [1.82, 2.24) is 10.2 Å². The zero-order chi connectivity index (χ0) is 12.5. The molecule has 3 rings (SSSR count). The lowest BCUT2D eigenvalue weighted by Crippen LogP contribution is -2.62. The molecular weight excluding hydrogens is 228 g/mol. The fourth-order valence-electron chi connectivity index (χ4n) is 3.44. The largest absolute Gasteiger partial charge is 0.377 e. The number of likely N-dealkylation sites (tertiary alicyclic amines) is 1. The highest BCUT2D eigenvalue weighted by Gasteiger charge is 2.44. The monoisotopic (exact) mass is 254 g/mol. The summed E-state index contributed by atoms with van der Waals surface area (Å²) in [6.45, 7) is 5.35. The zero-order valence-corrected chi connectivity index (χ0v) is 11.6. The molecule has 4 heteroatoms. The van der Waals surface area contributed by atoms with E-state index in [0.29, 0.717) is 18.2 Å². The van der Waals surface area contributed by atoms with Gasteiger partial charge in [0.25, 0.3) is 0 Å². The van der Waals surface area contributed by atoms with Crippen LogP contribution in [-0.4, -0.2) is 62.0 Å². The molecule has 2 saturated carbocycles. The molecule has 4 nitrogen and oxygen atoms in total. The minimum absolute atomic E-state index is 0.250. The van der Waals surface area contributed by atoms with Crippen LogP contribution in [0.25, 0.3) is 0 Å². The van der Waals surface area contributed by atoms with Crippen molar-refractivity contribution in [1.29, 1.82) is 0 Å². The van der Waals surface area contributed by atoms with Gasteiger partial charge in [0, 0.05) is 44.9 Å². The molecule has 3 fully saturated rings. The van der Waals surface area contributed by atoms with Gasteiger partial charge in [0.2, 0.25) is 0 Å². The first-order valence-corrected chi connectivity index (χ1v) is 7.46. The minimum Gasteiger partial charge on any atom is -0.377 e. The SMILES string of the molecule is CCOC1CC(NC2CCN(C3CC3)C2)C1OC. The molecule has 18 heavy (non-hydrogen) atoms. The topological polar surface area (TPSA) is 33.7 Å². The Morgan fingerprint density at radius 1 is 1.28 bits per heavy atom. The van der Waals surface area contributed by atoms with Crippen molar-refractivity contribution < 1.29 is 9.47 Å². The van der Waals surface area contributed by atoms with E-state index >= 15 is 0 Å². The first-order chi connectivity index (χ1) is 8.81. The van der Waals surface area contributed by atoms with Gasteiger partial charge in [0.1, 0.15) is 0 Å². The molecule has 0 amide bonds.